The van der Waals surface area contributed by atoms with Crippen LogP contribution in [0.4, 0.5) is 0 Å². The number of aryl methyl sites for hydroxylation is 14. The van der Waals surface area contributed by atoms with Gasteiger partial charge in [-0.25, -0.2) is 59.8 Å². The fourth-order valence-electron chi connectivity index (χ4n) is 17.6. The quantitative estimate of drug-likeness (QED) is 0.0323. The van der Waals surface area contributed by atoms with Gasteiger partial charge in [0.15, 0.2) is 69.9 Å². The minimum atomic E-state index is 0.552. The number of hydrogen-bond acceptors (Lipinski definition) is 18. The zero-order chi connectivity index (χ0) is 103. The molecule has 0 bridgehead atoms. The van der Waals surface area contributed by atoms with Crippen molar-refractivity contribution in [1.82, 2.24) is 89.7 Å². The van der Waals surface area contributed by atoms with Crippen LogP contribution in [0.3, 0.4) is 0 Å². The van der Waals surface area contributed by atoms with Gasteiger partial charge in [0.05, 0.1) is 0 Å². The van der Waals surface area contributed by atoms with E-state index in [1.165, 1.54) is 223 Å². The van der Waals surface area contributed by atoms with Gasteiger partial charge in [-0.15, -0.1) is 0 Å². The molecular weight excluding hydrogens is 1800 g/mol. The molecule has 0 aliphatic carbocycles. The minimum Gasteiger partial charge on any atom is -0.253 e. The molecule has 10 aromatic heterocycles. The molecule has 7 aromatic carbocycles. The van der Waals surface area contributed by atoms with Crippen molar-refractivity contribution in [3.05, 3.63) is 346 Å². The Labute approximate surface area is 874 Å². The first-order valence-electron chi connectivity index (χ1n) is 54.1. The topological polar surface area (TPSA) is 232 Å². The predicted molar refractivity (Wildman–Crippen MR) is 606 cm³/mol. The van der Waals surface area contributed by atoms with E-state index in [9.17, 15) is 0 Å². The molecule has 0 fully saturated rings. The van der Waals surface area contributed by atoms with E-state index in [4.69, 9.17) is 54.8 Å². The summed E-state index contributed by atoms with van der Waals surface area (Å²) in [6, 6.07) is 80.5. The summed E-state index contributed by atoms with van der Waals surface area (Å²) in [6.07, 6.45) is 50.4. The average molecular weight is 1950 g/mol. The number of hydrogen-bond donors (Lipinski definition) is 0. The van der Waals surface area contributed by atoms with Crippen LogP contribution in [-0.2, 0) is 32.1 Å². The number of rotatable bonds is 44. The number of aromatic nitrogens is 18. The molecular formula is C129H148N18. The lowest BCUT2D eigenvalue weighted by Crippen LogP contribution is -2.03. The zero-order valence-corrected chi connectivity index (χ0v) is 89.4. The van der Waals surface area contributed by atoms with Crippen molar-refractivity contribution < 1.29 is 0 Å². The second kappa shape index (κ2) is 56.8. The number of nitrogens with zero attached hydrogens (tertiary/aromatic N) is 18. The van der Waals surface area contributed by atoms with Gasteiger partial charge in [-0.3, -0.25) is 29.9 Å². The van der Waals surface area contributed by atoms with Crippen LogP contribution in [0.2, 0.25) is 0 Å². The van der Waals surface area contributed by atoms with Gasteiger partial charge in [0.1, 0.15) is 34.2 Å². The van der Waals surface area contributed by atoms with E-state index in [1.807, 2.05) is 152 Å². The predicted octanol–water partition coefficient (Wildman–Crippen LogP) is 33.3. The standard InChI is InChI=1S/C36H37N3.2C33H41N5.C27H29N5/c1-5-6-7-8-9-28-14-20-29(21-15-28)32-22-27(4)23-33(24-32)36-38-34(30-16-10-25(2)11-17-30)37-35(39-36)31-18-12-26(3)13-19-31;1-5-7-9-11-13-26-19-27(14-12-10-8-6-2)21-28(20-26)31-36-32(29-17-15-24(3)22-34-29)38-33(37-31)30-18-16-25(4)23-35-30;1-4-5-6-7-8-9-10-11-12-13-14-27-17-19-28(20-18-27)31-36-32(29-21-15-25(2)23-34-29)38-33(37-31)30-22-16-26(3)24-35-30;1-4-5-6-7-8-21-11-13-22(14-12-21)25-30-26(23-15-9-19(2)17-28-23)32-27(31-25)24-16-10-20(3)18-29-24/h10-24H,5-9H2,1-4H3;15-23H,5-14H2,1-4H3;15-24H,4-14H2,1-3H3;9-18H,4-8H2,1-3H3. The fraction of sp³-hybridized carbons (Fsp3) is 0.349. The molecule has 10 heterocycles. The van der Waals surface area contributed by atoms with Crippen LogP contribution in [-0.4, -0.2) is 89.7 Å². The summed E-state index contributed by atoms with van der Waals surface area (Å²) >= 11 is 0. The van der Waals surface area contributed by atoms with Crippen molar-refractivity contribution >= 4 is 0 Å². The Bertz CT molecular complexity index is 6610. The van der Waals surface area contributed by atoms with Crippen molar-refractivity contribution in [3.63, 3.8) is 0 Å². The molecule has 0 amide bonds. The van der Waals surface area contributed by atoms with Crippen LogP contribution in [0.1, 0.15) is 279 Å². The first-order valence-corrected chi connectivity index (χ1v) is 54.1. The largest absolute Gasteiger partial charge is 0.253 e. The van der Waals surface area contributed by atoms with E-state index >= 15 is 0 Å². The second-order valence-corrected chi connectivity index (χ2v) is 39.7. The smallest absolute Gasteiger partial charge is 0.182 e. The maximum absolute atomic E-state index is 4.96. The minimum absolute atomic E-state index is 0.552. The van der Waals surface area contributed by atoms with Gasteiger partial charge in [0.2, 0.25) is 0 Å². The summed E-state index contributed by atoms with van der Waals surface area (Å²) in [5.74, 6) is 7.38. The van der Waals surface area contributed by atoms with Gasteiger partial charge in [-0.05, 0) is 265 Å². The molecule has 0 saturated heterocycles. The molecule has 18 nitrogen and oxygen atoms in total. The van der Waals surface area contributed by atoms with E-state index in [-0.39, 0.29) is 0 Å². The van der Waals surface area contributed by atoms with Crippen LogP contribution in [0.25, 0.3) is 149 Å². The molecule has 0 saturated carbocycles. The molecule has 18 heteroatoms. The Kier molecular flexibility index (Phi) is 41.8. The van der Waals surface area contributed by atoms with Crippen molar-refractivity contribution in [2.45, 2.75) is 296 Å². The number of benzene rings is 7. The van der Waals surface area contributed by atoms with Gasteiger partial charge in [-0.2, -0.15) is 0 Å². The highest BCUT2D eigenvalue weighted by atomic mass is 15.1. The third-order valence-electron chi connectivity index (χ3n) is 26.5. The van der Waals surface area contributed by atoms with E-state index in [1.54, 1.807) is 0 Å². The summed E-state index contributed by atoms with van der Waals surface area (Å²) in [5.41, 5.74) is 29.8. The highest BCUT2D eigenvalue weighted by Crippen LogP contribution is 2.35. The van der Waals surface area contributed by atoms with E-state index in [0.717, 1.165) is 133 Å². The van der Waals surface area contributed by atoms with Gasteiger partial charge in [0, 0.05) is 70.6 Å². The Balaban J connectivity index is 0.000000155. The first kappa shape index (κ1) is 108. The van der Waals surface area contributed by atoms with E-state index in [0.29, 0.717) is 69.9 Å². The molecule has 0 radical (unpaired) electrons. The van der Waals surface area contributed by atoms with Crippen molar-refractivity contribution in [3.8, 4) is 149 Å². The SMILES string of the molecule is CCCCCCCCCCCCc1ccc(-c2nc(-c3ccc(C)cn3)nc(-c3ccc(C)cn3)n2)cc1.CCCCCCc1cc(CCCCCC)cc(-c2nc(-c3ccc(C)cn3)nc(-c3ccc(C)cn3)n2)c1.CCCCCCc1ccc(-c2cc(C)cc(-c3nc(-c4ccc(C)cc4)nc(-c4ccc(C)cc4)n3)c2)cc1.CCCCCCc1ccc(-c2nc(-c3ccc(C)cn3)nc(-c3ccc(C)cn3)n2)cc1. The summed E-state index contributed by atoms with van der Waals surface area (Å²) in [5, 5.41) is 0. The molecule has 0 spiro atoms. The summed E-state index contributed by atoms with van der Waals surface area (Å²) in [7, 11) is 0. The van der Waals surface area contributed by atoms with E-state index < -0.39 is 0 Å². The van der Waals surface area contributed by atoms with E-state index in [2.05, 4.69) is 248 Å². The maximum Gasteiger partial charge on any atom is 0.182 e. The zero-order valence-electron chi connectivity index (χ0n) is 89.4. The molecule has 0 N–H and O–H groups in total. The van der Waals surface area contributed by atoms with Crippen molar-refractivity contribution in [2.75, 3.05) is 0 Å². The molecule has 0 aliphatic heterocycles. The lowest BCUT2D eigenvalue weighted by molar-refractivity contribution is 0.556. The summed E-state index contributed by atoms with van der Waals surface area (Å²) in [6.45, 7) is 29.8. The number of unbranched alkanes of at least 4 members (excludes halogenated alkanes) is 21. The molecule has 754 valence electrons. The highest BCUT2D eigenvalue weighted by Gasteiger charge is 2.22. The van der Waals surface area contributed by atoms with Crippen molar-refractivity contribution in [1.29, 1.82) is 0 Å². The lowest BCUT2D eigenvalue weighted by atomic mass is 9.97. The monoisotopic (exact) mass is 1950 g/mol. The third-order valence-corrected chi connectivity index (χ3v) is 26.5. The van der Waals surface area contributed by atoms with Crippen LogP contribution >= 0.6 is 0 Å². The molecule has 0 aliphatic rings. The van der Waals surface area contributed by atoms with Gasteiger partial charge in [0.25, 0.3) is 0 Å². The third kappa shape index (κ3) is 33.8. The first-order chi connectivity index (χ1) is 71.8. The second-order valence-electron chi connectivity index (χ2n) is 39.7. The lowest BCUT2D eigenvalue weighted by Gasteiger charge is -2.12. The Morgan fingerprint density at radius 3 is 0.578 bits per heavy atom. The average Bonchev–Trinajstić information content (AvgIpc) is 0.803. The van der Waals surface area contributed by atoms with Crippen LogP contribution in [0, 0.1) is 62.3 Å². The van der Waals surface area contributed by atoms with Gasteiger partial charge in [-0.1, -0.05) is 350 Å². The molecule has 17 aromatic rings. The molecule has 147 heavy (non-hydrogen) atoms. The highest BCUT2D eigenvalue weighted by molar-refractivity contribution is 5.75. The summed E-state index contributed by atoms with van der Waals surface area (Å²) < 4.78 is 0. The van der Waals surface area contributed by atoms with Crippen LogP contribution in [0.5, 0.6) is 0 Å². The van der Waals surface area contributed by atoms with Gasteiger partial charge < -0.3 is 0 Å². The Morgan fingerprint density at radius 2 is 0.327 bits per heavy atom. The fourth-order valence-corrected chi connectivity index (χ4v) is 17.6. The van der Waals surface area contributed by atoms with Crippen LogP contribution in [0.15, 0.2) is 268 Å². The Morgan fingerprint density at radius 1 is 0.136 bits per heavy atom. The molecule has 17 rings (SSSR count). The molecule has 0 atom stereocenters. The van der Waals surface area contributed by atoms with Gasteiger partial charge >= 0.3 is 0 Å². The van der Waals surface area contributed by atoms with Crippen molar-refractivity contribution in [2.24, 2.45) is 0 Å². The Hall–Kier alpha value is -14.5. The number of pyridine rings is 6. The maximum atomic E-state index is 4.96. The summed E-state index contributed by atoms with van der Waals surface area (Å²) in [4.78, 5) is 85.3. The molecule has 0 unspecified atom stereocenters. The normalized spacial score (nSPS) is 11.1. The van der Waals surface area contributed by atoms with Crippen LogP contribution < -0.4 is 0 Å².